The number of carbonyl (C=O) groups excluding carboxylic acids is 1. The van der Waals surface area contributed by atoms with Gasteiger partial charge in [-0.05, 0) is 18.9 Å². The highest BCUT2D eigenvalue weighted by Gasteiger charge is 2.28. The fourth-order valence-electron chi connectivity index (χ4n) is 2.75. The Morgan fingerprint density at radius 3 is 3.00 bits per heavy atom. The van der Waals surface area contributed by atoms with E-state index in [1.165, 1.54) is 0 Å². The molecule has 8 heteroatoms. The number of rotatable bonds is 2. The molecule has 112 valence electrons. The van der Waals surface area contributed by atoms with Crippen LogP contribution in [0.25, 0.3) is 0 Å². The SMILES string of the molecule is Cn1cc(Cl)cc1C(=O)N1CCC[C@@H](c2nc(N)n[nH]2)C1. The summed E-state index contributed by atoms with van der Waals surface area (Å²) in [6.07, 6.45) is 3.62. The molecule has 3 rings (SSSR count). The fourth-order valence-corrected chi connectivity index (χ4v) is 3.00. The van der Waals surface area contributed by atoms with Gasteiger partial charge in [-0.1, -0.05) is 11.6 Å². The maximum Gasteiger partial charge on any atom is 0.270 e. The van der Waals surface area contributed by atoms with Crippen LogP contribution in [0.1, 0.15) is 35.1 Å². The first-order valence-corrected chi connectivity index (χ1v) is 7.21. The van der Waals surface area contributed by atoms with Gasteiger partial charge in [0.25, 0.3) is 5.91 Å². The summed E-state index contributed by atoms with van der Waals surface area (Å²) in [5, 5.41) is 7.26. The molecule has 1 saturated heterocycles. The summed E-state index contributed by atoms with van der Waals surface area (Å²) < 4.78 is 1.75. The van der Waals surface area contributed by atoms with Gasteiger partial charge in [0.15, 0.2) is 0 Å². The number of piperidine rings is 1. The quantitative estimate of drug-likeness (QED) is 0.877. The molecule has 1 atom stereocenters. The van der Waals surface area contributed by atoms with Crippen LogP contribution in [0.4, 0.5) is 5.95 Å². The highest BCUT2D eigenvalue weighted by Crippen LogP contribution is 2.26. The van der Waals surface area contributed by atoms with Gasteiger partial charge >= 0.3 is 0 Å². The van der Waals surface area contributed by atoms with Crippen molar-refractivity contribution in [3.63, 3.8) is 0 Å². The van der Waals surface area contributed by atoms with Crippen molar-refractivity contribution < 1.29 is 4.79 Å². The number of halogens is 1. The molecule has 0 saturated carbocycles. The molecule has 3 N–H and O–H groups in total. The van der Waals surface area contributed by atoms with Crippen LogP contribution < -0.4 is 5.73 Å². The predicted octanol–water partition coefficient (Wildman–Crippen LogP) is 1.40. The van der Waals surface area contributed by atoms with E-state index in [9.17, 15) is 4.79 Å². The van der Waals surface area contributed by atoms with E-state index in [2.05, 4.69) is 15.2 Å². The monoisotopic (exact) mass is 308 g/mol. The molecule has 1 aliphatic rings. The minimum absolute atomic E-state index is 0.0124. The number of H-pyrrole nitrogens is 1. The Kier molecular flexibility index (Phi) is 3.59. The number of nitrogens with one attached hydrogen (secondary N) is 1. The number of anilines is 1. The van der Waals surface area contributed by atoms with Gasteiger partial charge in [-0.2, -0.15) is 4.98 Å². The molecule has 1 aliphatic heterocycles. The number of hydrogen-bond acceptors (Lipinski definition) is 4. The van der Waals surface area contributed by atoms with Crippen LogP contribution in [0.3, 0.4) is 0 Å². The van der Waals surface area contributed by atoms with E-state index in [1.807, 2.05) is 11.9 Å². The van der Waals surface area contributed by atoms with Crippen molar-refractivity contribution in [1.29, 1.82) is 0 Å². The summed E-state index contributed by atoms with van der Waals surface area (Å²) in [6.45, 7) is 1.35. The lowest BCUT2D eigenvalue weighted by Gasteiger charge is -2.31. The zero-order valence-corrected chi connectivity index (χ0v) is 12.5. The number of aromatic amines is 1. The van der Waals surface area contributed by atoms with Crippen LogP contribution in [0.5, 0.6) is 0 Å². The molecule has 7 nitrogen and oxygen atoms in total. The molecule has 0 bridgehead atoms. The van der Waals surface area contributed by atoms with E-state index in [0.29, 0.717) is 17.3 Å². The minimum atomic E-state index is -0.0124. The molecule has 0 aromatic carbocycles. The summed E-state index contributed by atoms with van der Waals surface area (Å²) in [6, 6.07) is 1.69. The van der Waals surface area contributed by atoms with Gasteiger partial charge in [0.1, 0.15) is 11.5 Å². The van der Waals surface area contributed by atoms with Gasteiger partial charge in [0, 0.05) is 32.3 Å². The zero-order chi connectivity index (χ0) is 15.0. The number of nitrogens with two attached hydrogens (primary N) is 1. The van der Waals surface area contributed by atoms with E-state index < -0.39 is 0 Å². The third-order valence-corrected chi connectivity index (χ3v) is 4.01. The molecule has 0 unspecified atom stereocenters. The van der Waals surface area contributed by atoms with Crippen LogP contribution in [-0.4, -0.2) is 43.6 Å². The molecular formula is C13H17ClN6O. The first-order valence-electron chi connectivity index (χ1n) is 6.83. The number of amides is 1. The van der Waals surface area contributed by atoms with Crippen molar-refractivity contribution >= 4 is 23.5 Å². The number of nitrogens with zero attached hydrogens (tertiary/aromatic N) is 4. The second-order valence-electron chi connectivity index (χ2n) is 5.32. The minimum Gasteiger partial charge on any atom is -0.367 e. The van der Waals surface area contributed by atoms with E-state index >= 15 is 0 Å². The van der Waals surface area contributed by atoms with Crippen molar-refractivity contribution in [2.24, 2.45) is 7.05 Å². The van der Waals surface area contributed by atoms with E-state index in [-0.39, 0.29) is 17.8 Å². The number of aromatic nitrogens is 4. The number of nitrogen functional groups attached to an aromatic ring is 1. The first-order chi connectivity index (χ1) is 10.0. The normalized spacial score (nSPS) is 19.0. The summed E-state index contributed by atoms with van der Waals surface area (Å²) in [5.74, 6) is 1.11. The maximum atomic E-state index is 12.6. The van der Waals surface area contributed by atoms with Crippen molar-refractivity contribution in [2.45, 2.75) is 18.8 Å². The Morgan fingerprint density at radius 1 is 1.57 bits per heavy atom. The van der Waals surface area contributed by atoms with Gasteiger partial charge in [0.05, 0.1) is 5.02 Å². The molecule has 1 amide bonds. The number of likely N-dealkylation sites (tertiary alicyclic amines) is 1. The molecule has 0 radical (unpaired) electrons. The Morgan fingerprint density at radius 2 is 2.38 bits per heavy atom. The zero-order valence-electron chi connectivity index (χ0n) is 11.7. The van der Waals surface area contributed by atoms with Crippen molar-refractivity contribution in [2.75, 3.05) is 18.8 Å². The highest BCUT2D eigenvalue weighted by atomic mass is 35.5. The number of carbonyl (C=O) groups is 1. The van der Waals surface area contributed by atoms with Crippen LogP contribution in [0.15, 0.2) is 12.3 Å². The first kappa shape index (κ1) is 13.9. The lowest BCUT2D eigenvalue weighted by Crippen LogP contribution is -2.40. The molecule has 2 aromatic heterocycles. The van der Waals surface area contributed by atoms with Crippen molar-refractivity contribution in [3.05, 3.63) is 28.8 Å². The Labute approximate surface area is 127 Å². The van der Waals surface area contributed by atoms with Gasteiger partial charge in [0.2, 0.25) is 5.95 Å². The van der Waals surface area contributed by atoms with Gasteiger partial charge in [-0.25, -0.2) is 0 Å². The second kappa shape index (κ2) is 5.40. The third kappa shape index (κ3) is 2.73. The lowest BCUT2D eigenvalue weighted by atomic mass is 9.97. The number of hydrogen-bond donors (Lipinski definition) is 2. The van der Waals surface area contributed by atoms with Gasteiger partial charge < -0.3 is 15.2 Å². The van der Waals surface area contributed by atoms with E-state index in [1.54, 1.807) is 16.8 Å². The average molecular weight is 309 g/mol. The van der Waals surface area contributed by atoms with E-state index in [0.717, 1.165) is 25.2 Å². The summed E-state index contributed by atoms with van der Waals surface area (Å²) in [7, 11) is 1.82. The molecule has 3 heterocycles. The molecule has 1 fully saturated rings. The molecule has 0 aliphatic carbocycles. The predicted molar refractivity (Wildman–Crippen MR) is 79.1 cm³/mol. The van der Waals surface area contributed by atoms with Crippen LogP contribution in [-0.2, 0) is 7.05 Å². The topological polar surface area (TPSA) is 92.8 Å². The Balaban J connectivity index is 1.77. The number of aryl methyl sites for hydroxylation is 1. The van der Waals surface area contributed by atoms with Crippen LogP contribution in [0, 0.1) is 0 Å². The average Bonchev–Trinajstić information content (AvgIpc) is 3.04. The summed E-state index contributed by atoms with van der Waals surface area (Å²) in [5.41, 5.74) is 6.14. The van der Waals surface area contributed by atoms with Crippen molar-refractivity contribution in [1.82, 2.24) is 24.6 Å². The third-order valence-electron chi connectivity index (χ3n) is 3.81. The smallest absolute Gasteiger partial charge is 0.270 e. The molecule has 21 heavy (non-hydrogen) atoms. The van der Waals surface area contributed by atoms with Gasteiger partial charge in [-0.15, -0.1) is 5.10 Å². The van der Waals surface area contributed by atoms with Crippen LogP contribution >= 0.6 is 11.6 Å². The Hall–Kier alpha value is -2.02. The summed E-state index contributed by atoms with van der Waals surface area (Å²) in [4.78, 5) is 18.6. The molecule has 2 aromatic rings. The molecule has 0 spiro atoms. The second-order valence-corrected chi connectivity index (χ2v) is 5.76. The fraction of sp³-hybridized carbons (Fsp3) is 0.462. The molecular weight excluding hydrogens is 292 g/mol. The highest BCUT2D eigenvalue weighted by molar-refractivity contribution is 6.31. The standard InChI is InChI=1S/C13H17ClN6O/c1-19-7-9(14)5-10(19)12(21)20-4-2-3-8(6-20)11-16-13(15)18-17-11/h5,7-8H,2-4,6H2,1H3,(H3,15,16,17,18)/t8-/m1/s1. The van der Waals surface area contributed by atoms with Crippen LogP contribution in [0.2, 0.25) is 5.02 Å². The summed E-state index contributed by atoms with van der Waals surface area (Å²) >= 11 is 5.95. The van der Waals surface area contributed by atoms with E-state index in [4.69, 9.17) is 17.3 Å². The maximum absolute atomic E-state index is 12.6. The lowest BCUT2D eigenvalue weighted by molar-refractivity contribution is 0.0695. The van der Waals surface area contributed by atoms with Crippen molar-refractivity contribution in [3.8, 4) is 0 Å². The van der Waals surface area contributed by atoms with Gasteiger partial charge in [-0.3, -0.25) is 9.89 Å². The largest absolute Gasteiger partial charge is 0.367 e. The Bertz CT molecular complexity index is 663.